The molecule has 1 aromatic rings. The zero-order valence-electron chi connectivity index (χ0n) is 8.63. The summed E-state index contributed by atoms with van der Waals surface area (Å²) in [7, 11) is 0. The Morgan fingerprint density at radius 1 is 1.40 bits per heavy atom. The zero-order valence-corrected chi connectivity index (χ0v) is 8.63. The van der Waals surface area contributed by atoms with Gasteiger partial charge in [-0.1, -0.05) is 6.07 Å². The van der Waals surface area contributed by atoms with Gasteiger partial charge >= 0.3 is 0 Å². The van der Waals surface area contributed by atoms with Gasteiger partial charge in [-0.3, -0.25) is 0 Å². The van der Waals surface area contributed by atoms with Crippen molar-refractivity contribution in [3.8, 4) is 0 Å². The van der Waals surface area contributed by atoms with Gasteiger partial charge in [0, 0.05) is 12.5 Å². The normalized spacial score (nSPS) is 20.0. The van der Waals surface area contributed by atoms with Crippen LogP contribution in [-0.4, -0.2) is 10.7 Å². The molecule has 0 amide bonds. The highest BCUT2D eigenvalue weighted by atomic mass is 19.1. The van der Waals surface area contributed by atoms with Crippen LogP contribution in [0, 0.1) is 17.6 Å². The third-order valence-corrected chi connectivity index (χ3v) is 3.02. The van der Waals surface area contributed by atoms with Gasteiger partial charge in [-0.2, -0.15) is 0 Å². The molecule has 1 nitrogen and oxygen atoms in total. The Bertz CT molecular complexity index is 370. The molecule has 0 bridgehead atoms. The number of halogens is 2. The molecule has 1 aromatic carbocycles. The number of hydrogen-bond acceptors (Lipinski definition) is 1. The van der Waals surface area contributed by atoms with Gasteiger partial charge in [0.25, 0.3) is 0 Å². The van der Waals surface area contributed by atoms with E-state index >= 15 is 0 Å². The molecule has 1 atom stereocenters. The van der Waals surface area contributed by atoms with Gasteiger partial charge in [0.1, 0.15) is 11.6 Å². The van der Waals surface area contributed by atoms with Crippen LogP contribution in [0.2, 0.25) is 0 Å². The molecule has 0 aromatic heterocycles. The first-order valence-electron chi connectivity index (χ1n) is 5.15. The number of benzene rings is 1. The van der Waals surface area contributed by atoms with E-state index in [9.17, 15) is 13.9 Å². The molecule has 1 unspecified atom stereocenters. The van der Waals surface area contributed by atoms with Crippen LogP contribution in [0.25, 0.3) is 0 Å². The summed E-state index contributed by atoms with van der Waals surface area (Å²) < 4.78 is 26.0. The summed E-state index contributed by atoms with van der Waals surface area (Å²) in [6.07, 6.45) is 2.25. The summed E-state index contributed by atoms with van der Waals surface area (Å²) in [5.41, 5.74) is -0.480. The lowest BCUT2D eigenvalue weighted by Crippen LogP contribution is -2.30. The first-order chi connectivity index (χ1) is 6.99. The van der Waals surface area contributed by atoms with Gasteiger partial charge in [-0.25, -0.2) is 8.78 Å². The van der Waals surface area contributed by atoms with E-state index in [1.165, 1.54) is 12.1 Å². The second-order valence-electron chi connectivity index (χ2n) is 4.54. The van der Waals surface area contributed by atoms with Crippen LogP contribution in [0.3, 0.4) is 0 Å². The number of rotatable bonds is 3. The molecule has 0 aliphatic heterocycles. The molecule has 0 heterocycles. The van der Waals surface area contributed by atoms with Crippen molar-refractivity contribution in [1.82, 2.24) is 0 Å². The average molecular weight is 212 g/mol. The summed E-state index contributed by atoms with van der Waals surface area (Å²) in [4.78, 5) is 0. The molecular formula is C12H14F2O. The fraction of sp³-hybridized carbons (Fsp3) is 0.500. The van der Waals surface area contributed by atoms with Gasteiger partial charge in [0.05, 0.1) is 5.60 Å². The van der Waals surface area contributed by atoms with Gasteiger partial charge in [0.15, 0.2) is 0 Å². The molecule has 0 radical (unpaired) electrons. The summed E-state index contributed by atoms with van der Waals surface area (Å²) in [6.45, 7) is 1.72. The largest absolute Gasteiger partial charge is 0.390 e. The Labute approximate surface area is 87.7 Å². The Kier molecular flexibility index (Phi) is 2.51. The van der Waals surface area contributed by atoms with E-state index in [2.05, 4.69) is 0 Å². The fourth-order valence-corrected chi connectivity index (χ4v) is 1.90. The highest BCUT2D eigenvalue weighted by Crippen LogP contribution is 2.41. The van der Waals surface area contributed by atoms with Crippen LogP contribution in [0.4, 0.5) is 8.78 Å². The molecule has 1 aliphatic carbocycles. The predicted molar refractivity (Wildman–Crippen MR) is 53.4 cm³/mol. The van der Waals surface area contributed by atoms with Crippen molar-refractivity contribution in [1.29, 1.82) is 0 Å². The molecule has 3 heteroatoms. The second kappa shape index (κ2) is 3.56. The molecule has 1 fully saturated rings. The van der Waals surface area contributed by atoms with Crippen molar-refractivity contribution in [3.05, 3.63) is 35.4 Å². The molecule has 15 heavy (non-hydrogen) atoms. The van der Waals surface area contributed by atoms with Crippen molar-refractivity contribution >= 4 is 0 Å². The summed E-state index contributed by atoms with van der Waals surface area (Å²) in [5.74, 6) is -0.889. The highest BCUT2D eigenvalue weighted by Gasteiger charge is 2.40. The van der Waals surface area contributed by atoms with Crippen LogP contribution in [0.5, 0.6) is 0 Å². The lowest BCUT2D eigenvalue weighted by atomic mass is 9.91. The second-order valence-corrected chi connectivity index (χ2v) is 4.54. The van der Waals surface area contributed by atoms with Crippen LogP contribution in [-0.2, 0) is 6.42 Å². The minimum Gasteiger partial charge on any atom is -0.390 e. The smallest absolute Gasteiger partial charge is 0.129 e. The summed E-state index contributed by atoms with van der Waals surface area (Å²) in [6, 6.07) is 3.49. The minimum atomic E-state index is -0.862. The van der Waals surface area contributed by atoms with E-state index in [-0.39, 0.29) is 12.3 Å². The van der Waals surface area contributed by atoms with E-state index in [1.54, 1.807) is 6.92 Å². The van der Waals surface area contributed by atoms with E-state index in [1.807, 2.05) is 0 Å². The van der Waals surface area contributed by atoms with Crippen molar-refractivity contribution in [2.75, 3.05) is 0 Å². The van der Waals surface area contributed by atoms with Crippen molar-refractivity contribution < 1.29 is 13.9 Å². The molecular weight excluding hydrogens is 198 g/mol. The number of hydrogen-bond donors (Lipinski definition) is 1. The van der Waals surface area contributed by atoms with E-state index in [0.29, 0.717) is 5.56 Å². The van der Waals surface area contributed by atoms with E-state index in [0.717, 1.165) is 18.9 Å². The first kappa shape index (κ1) is 10.6. The maximum absolute atomic E-state index is 13.3. The zero-order chi connectivity index (χ0) is 11.1. The molecule has 1 saturated carbocycles. The molecule has 2 rings (SSSR count). The predicted octanol–water partition coefficient (Wildman–Crippen LogP) is 2.67. The Morgan fingerprint density at radius 2 is 2.07 bits per heavy atom. The maximum Gasteiger partial charge on any atom is 0.129 e. The van der Waals surface area contributed by atoms with E-state index in [4.69, 9.17) is 0 Å². The lowest BCUT2D eigenvalue weighted by Gasteiger charge is -2.23. The Morgan fingerprint density at radius 3 is 2.60 bits per heavy atom. The van der Waals surface area contributed by atoms with Gasteiger partial charge in [-0.15, -0.1) is 0 Å². The van der Waals surface area contributed by atoms with Gasteiger partial charge < -0.3 is 5.11 Å². The van der Waals surface area contributed by atoms with Crippen molar-refractivity contribution in [2.24, 2.45) is 5.92 Å². The average Bonchev–Trinajstić information content (AvgIpc) is 2.92. The molecule has 1 N–H and O–H groups in total. The highest BCUT2D eigenvalue weighted by molar-refractivity contribution is 5.21. The van der Waals surface area contributed by atoms with E-state index < -0.39 is 17.2 Å². The lowest BCUT2D eigenvalue weighted by molar-refractivity contribution is 0.0363. The third-order valence-electron chi connectivity index (χ3n) is 3.02. The SMILES string of the molecule is CC(O)(Cc1ccc(F)cc1F)C1CC1. The van der Waals surface area contributed by atoms with Crippen molar-refractivity contribution in [3.63, 3.8) is 0 Å². The molecule has 0 spiro atoms. The van der Waals surface area contributed by atoms with Crippen LogP contribution in [0.15, 0.2) is 18.2 Å². The summed E-state index contributed by atoms with van der Waals surface area (Å²) in [5, 5.41) is 10.0. The maximum atomic E-state index is 13.3. The summed E-state index contributed by atoms with van der Waals surface area (Å²) >= 11 is 0. The van der Waals surface area contributed by atoms with Crippen LogP contribution in [0.1, 0.15) is 25.3 Å². The van der Waals surface area contributed by atoms with Crippen LogP contribution < -0.4 is 0 Å². The fourth-order valence-electron chi connectivity index (χ4n) is 1.90. The van der Waals surface area contributed by atoms with Crippen molar-refractivity contribution in [2.45, 2.75) is 31.8 Å². The molecule has 82 valence electrons. The first-order valence-corrected chi connectivity index (χ1v) is 5.15. The topological polar surface area (TPSA) is 20.2 Å². The quantitative estimate of drug-likeness (QED) is 0.816. The molecule has 1 aliphatic rings. The Balaban J connectivity index is 2.16. The van der Waals surface area contributed by atoms with Crippen LogP contribution >= 0.6 is 0 Å². The van der Waals surface area contributed by atoms with Gasteiger partial charge in [0.2, 0.25) is 0 Å². The van der Waals surface area contributed by atoms with Gasteiger partial charge in [-0.05, 0) is 37.3 Å². The monoisotopic (exact) mass is 212 g/mol. The minimum absolute atomic E-state index is 0.254. The molecule has 0 saturated heterocycles. The Hall–Kier alpha value is -0.960. The standard InChI is InChI=1S/C12H14F2O/c1-12(15,9-3-4-9)7-8-2-5-10(13)6-11(8)14/h2,5-6,9,15H,3-4,7H2,1H3. The number of aliphatic hydroxyl groups is 1. The third kappa shape index (κ3) is 2.34.